The van der Waals surface area contributed by atoms with Crippen LogP contribution < -0.4 is 5.73 Å². The van der Waals surface area contributed by atoms with Gasteiger partial charge in [-0.25, -0.2) is 0 Å². The van der Waals surface area contributed by atoms with E-state index in [0.717, 1.165) is 31.4 Å². The first-order valence-corrected chi connectivity index (χ1v) is 7.74. The van der Waals surface area contributed by atoms with Crippen molar-refractivity contribution >= 4 is 11.8 Å². The van der Waals surface area contributed by atoms with Gasteiger partial charge in [0, 0.05) is 11.4 Å². The minimum Gasteiger partial charge on any atom is -0.388 e. The number of nitrogens with two attached hydrogens (primary N) is 1. The molecule has 0 spiro atoms. The van der Waals surface area contributed by atoms with Crippen LogP contribution in [0.15, 0.2) is 29.2 Å². The molecule has 2 nitrogen and oxygen atoms in total. The number of aryl methyl sites for hydroxylation is 1. The van der Waals surface area contributed by atoms with E-state index in [0.29, 0.717) is 12.5 Å². The van der Waals surface area contributed by atoms with Crippen molar-refractivity contribution in [3.05, 3.63) is 29.8 Å². The number of aliphatic hydroxyl groups is 1. The van der Waals surface area contributed by atoms with E-state index in [-0.39, 0.29) is 0 Å². The number of rotatable bonds is 5. The summed E-state index contributed by atoms with van der Waals surface area (Å²) in [4.78, 5) is 1.31. The SMILES string of the molecule is Cc1ccc(SCCC2CCCC2(O)CN)cc1. The second-order valence-electron chi connectivity index (χ2n) is 5.35. The van der Waals surface area contributed by atoms with Crippen molar-refractivity contribution in [3.8, 4) is 0 Å². The molecule has 18 heavy (non-hydrogen) atoms. The monoisotopic (exact) mass is 265 g/mol. The lowest BCUT2D eigenvalue weighted by molar-refractivity contribution is 0.0104. The fourth-order valence-corrected chi connectivity index (χ4v) is 3.73. The first-order valence-electron chi connectivity index (χ1n) is 6.76. The number of hydrogen-bond acceptors (Lipinski definition) is 3. The Kier molecular flexibility index (Phi) is 4.71. The van der Waals surface area contributed by atoms with Crippen molar-refractivity contribution in [1.82, 2.24) is 0 Å². The molecule has 1 aromatic rings. The van der Waals surface area contributed by atoms with E-state index < -0.39 is 5.60 Å². The van der Waals surface area contributed by atoms with Gasteiger partial charge in [-0.1, -0.05) is 24.1 Å². The summed E-state index contributed by atoms with van der Waals surface area (Å²) in [5, 5.41) is 10.4. The lowest BCUT2D eigenvalue weighted by atomic mass is 9.89. The quantitative estimate of drug-likeness (QED) is 0.805. The van der Waals surface area contributed by atoms with Gasteiger partial charge in [-0.3, -0.25) is 0 Å². The van der Waals surface area contributed by atoms with Gasteiger partial charge in [-0.05, 0) is 50.0 Å². The van der Waals surface area contributed by atoms with Crippen LogP contribution in [-0.2, 0) is 0 Å². The minimum atomic E-state index is -0.589. The maximum Gasteiger partial charge on any atom is 0.0797 e. The molecule has 0 saturated heterocycles. The van der Waals surface area contributed by atoms with E-state index in [4.69, 9.17) is 5.73 Å². The summed E-state index contributed by atoms with van der Waals surface area (Å²) in [7, 11) is 0. The highest BCUT2D eigenvalue weighted by Gasteiger charge is 2.39. The van der Waals surface area contributed by atoms with E-state index >= 15 is 0 Å². The highest BCUT2D eigenvalue weighted by molar-refractivity contribution is 7.99. The van der Waals surface area contributed by atoms with Gasteiger partial charge in [0.1, 0.15) is 0 Å². The van der Waals surface area contributed by atoms with Gasteiger partial charge in [0.25, 0.3) is 0 Å². The van der Waals surface area contributed by atoms with Gasteiger partial charge in [0.05, 0.1) is 5.60 Å². The third-order valence-corrected chi connectivity index (χ3v) is 5.08. The maximum absolute atomic E-state index is 10.4. The zero-order valence-corrected chi connectivity index (χ0v) is 11.9. The topological polar surface area (TPSA) is 46.2 Å². The summed E-state index contributed by atoms with van der Waals surface area (Å²) in [6.45, 7) is 2.52. The summed E-state index contributed by atoms with van der Waals surface area (Å²) >= 11 is 1.88. The molecule has 0 aliphatic heterocycles. The zero-order valence-electron chi connectivity index (χ0n) is 11.1. The molecular weight excluding hydrogens is 242 g/mol. The molecule has 2 atom stereocenters. The average Bonchev–Trinajstić information content (AvgIpc) is 2.74. The van der Waals surface area contributed by atoms with Crippen LogP contribution in [0.2, 0.25) is 0 Å². The van der Waals surface area contributed by atoms with Crippen LogP contribution in [0.25, 0.3) is 0 Å². The Hall–Kier alpha value is -0.510. The predicted octanol–water partition coefficient (Wildman–Crippen LogP) is 2.97. The highest BCUT2D eigenvalue weighted by Crippen LogP contribution is 2.38. The largest absolute Gasteiger partial charge is 0.388 e. The summed E-state index contributed by atoms with van der Waals surface area (Å²) in [6.07, 6.45) is 4.19. The van der Waals surface area contributed by atoms with E-state index in [2.05, 4.69) is 31.2 Å². The maximum atomic E-state index is 10.4. The number of hydrogen-bond donors (Lipinski definition) is 2. The molecule has 0 amide bonds. The molecule has 0 aromatic heterocycles. The molecule has 3 N–H and O–H groups in total. The summed E-state index contributed by atoms with van der Waals surface area (Å²) in [6, 6.07) is 8.63. The lowest BCUT2D eigenvalue weighted by Gasteiger charge is -2.28. The third-order valence-electron chi connectivity index (χ3n) is 4.03. The standard InChI is InChI=1S/C15H23NOS/c1-12-4-6-14(7-5-12)18-10-8-13-3-2-9-15(13,17)11-16/h4-7,13,17H,2-3,8-11,16H2,1H3. The van der Waals surface area contributed by atoms with Crippen molar-refractivity contribution in [1.29, 1.82) is 0 Å². The summed E-state index contributed by atoms with van der Waals surface area (Å²) in [5.74, 6) is 1.45. The highest BCUT2D eigenvalue weighted by atomic mass is 32.2. The van der Waals surface area contributed by atoms with Crippen LogP contribution in [0.5, 0.6) is 0 Å². The van der Waals surface area contributed by atoms with Gasteiger partial charge in [0.2, 0.25) is 0 Å². The van der Waals surface area contributed by atoms with Crippen molar-refractivity contribution in [2.24, 2.45) is 11.7 Å². The van der Waals surface area contributed by atoms with E-state index in [1.54, 1.807) is 0 Å². The molecule has 2 rings (SSSR count). The Balaban J connectivity index is 1.80. The fraction of sp³-hybridized carbons (Fsp3) is 0.600. The second-order valence-corrected chi connectivity index (χ2v) is 6.52. The van der Waals surface area contributed by atoms with E-state index in [1.807, 2.05) is 11.8 Å². The molecule has 2 unspecified atom stereocenters. The Morgan fingerprint density at radius 2 is 2.11 bits per heavy atom. The Bertz CT molecular complexity index is 379. The molecule has 3 heteroatoms. The van der Waals surface area contributed by atoms with Crippen LogP contribution in [0.4, 0.5) is 0 Å². The first kappa shape index (κ1) is 13.9. The zero-order chi connectivity index (χ0) is 13.0. The van der Waals surface area contributed by atoms with Crippen molar-refractivity contribution in [2.45, 2.75) is 43.1 Å². The molecule has 1 aliphatic rings. The summed E-state index contributed by atoms with van der Waals surface area (Å²) in [5.41, 5.74) is 6.41. The Morgan fingerprint density at radius 1 is 1.39 bits per heavy atom. The molecule has 0 heterocycles. The smallest absolute Gasteiger partial charge is 0.0797 e. The average molecular weight is 265 g/mol. The van der Waals surface area contributed by atoms with Crippen LogP contribution in [-0.4, -0.2) is 23.0 Å². The summed E-state index contributed by atoms with van der Waals surface area (Å²) < 4.78 is 0. The number of benzene rings is 1. The van der Waals surface area contributed by atoms with Gasteiger partial charge in [-0.2, -0.15) is 0 Å². The molecule has 1 fully saturated rings. The lowest BCUT2D eigenvalue weighted by Crippen LogP contribution is -2.41. The molecule has 1 saturated carbocycles. The van der Waals surface area contributed by atoms with E-state index in [9.17, 15) is 5.11 Å². The minimum absolute atomic E-state index is 0.389. The van der Waals surface area contributed by atoms with Crippen LogP contribution >= 0.6 is 11.8 Å². The van der Waals surface area contributed by atoms with Gasteiger partial charge >= 0.3 is 0 Å². The van der Waals surface area contributed by atoms with Gasteiger partial charge in [-0.15, -0.1) is 11.8 Å². The Morgan fingerprint density at radius 3 is 2.78 bits per heavy atom. The second kappa shape index (κ2) is 6.09. The predicted molar refractivity (Wildman–Crippen MR) is 77.9 cm³/mol. The molecular formula is C15H23NOS. The Labute approximate surface area is 114 Å². The first-order chi connectivity index (χ1) is 8.64. The van der Waals surface area contributed by atoms with Gasteiger partial charge < -0.3 is 10.8 Å². The molecule has 100 valence electrons. The molecule has 1 aromatic carbocycles. The van der Waals surface area contributed by atoms with Crippen molar-refractivity contribution in [2.75, 3.05) is 12.3 Å². The fourth-order valence-electron chi connectivity index (χ4n) is 2.76. The van der Waals surface area contributed by atoms with Gasteiger partial charge in [0.15, 0.2) is 0 Å². The van der Waals surface area contributed by atoms with Crippen LogP contribution in [0, 0.1) is 12.8 Å². The number of thioether (sulfide) groups is 1. The van der Waals surface area contributed by atoms with Crippen LogP contribution in [0.1, 0.15) is 31.2 Å². The van der Waals surface area contributed by atoms with Crippen LogP contribution in [0.3, 0.4) is 0 Å². The molecule has 0 bridgehead atoms. The molecule has 1 aliphatic carbocycles. The van der Waals surface area contributed by atoms with E-state index in [1.165, 1.54) is 10.5 Å². The third kappa shape index (κ3) is 3.28. The normalized spacial score (nSPS) is 27.6. The molecule has 0 radical (unpaired) electrons. The van der Waals surface area contributed by atoms with Crippen molar-refractivity contribution in [3.63, 3.8) is 0 Å². The van der Waals surface area contributed by atoms with Crippen molar-refractivity contribution < 1.29 is 5.11 Å².